The normalized spacial score (nSPS) is 12.9. The third-order valence-electron chi connectivity index (χ3n) is 2.32. The van der Waals surface area contributed by atoms with Crippen LogP contribution in [0.1, 0.15) is 24.5 Å². The van der Waals surface area contributed by atoms with Crippen molar-refractivity contribution >= 4 is 0 Å². The zero-order valence-corrected chi connectivity index (χ0v) is 10.3. The fraction of sp³-hybridized carbons (Fsp3) is 0.667. The Balaban J connectivity index is 2.09. The first kappa shape index (κ1) is 13.2. The van der Waals surface area contributed by atoms with Crippen LogP contribution < -0.4 is 5.32 Å². The number of methoxy groups -OCH3 is 1. The van der Waals surface area contributed by atoms with Crippen LogP contribution in [0.15, 0.2) is 16.5 Å². The summed E-state index contributed by atoms with van der Waals surface area (Å²) in [5.41, 5.74) is 0. The Kier molecular flexibility index (Phi) is 6.15. The predicted octanol–water partition coefficient (Wildman–Crippen LogP) is 1.90. The first-order valence-corrected chi connectivity index (χ1v) is 5.60. The van der Waals surface area contributed by atoms with Gasteiger partial charge in [0.2, 0.25) is 0 Å². The first-order valence-electron chi connectivity index (χ1n) is 5.60. The maximum Gasteiger partial charge on any atom is 0.120 e. The minimum absolute atomic E-state index is 0.222. The molecule has 0 spiro atoms. The van der Waals surface area contributed by atoms with Gasteiger partial charge in [-0.05, 0) is 26.0 Å². The maximum atomic E-state index is 5.52. The van der Waals surface area contributed by atoms with Crippen molar-refractivity contribution in [3.8, 4) is 0 Å². The Morgan fingerprint density at radius 1 is 1.31 bits per heavy atom. The fourth-order valence-corrected chi connectivity index (χ4v) is 1.38. The number of hydrogen-bond acceptors (Lipinski definition) is 4. The molecule has 4 heteroatoms. The monoisotopic (exact) mass is 227 g/mol. The van der Waals surface area contributed by atoms with Crippen molar-refractivity contribution in [2.24, 2.45) is 0 Å². The van der Waals surface area contributed by atoms with Gasteiger partial charge >= 0.3 is 0 Å². The molecule has 0 saturated heterocycles. The van der Waals surface area contributed by atoms with Crippen molar-refractivity contribution in [1.29, 1.82) is 0 Å². The summed E-state index contributed by atoms with van der Waals surface area (Å²) in [4.78, 5) is 0. The van der Waals surface area contributed by atoms with Crippen LogP contribution in [0.4, 0.5) is 0 Å². The van der Waals surface area contributed by atoms with Gasteiger partial charge in [0.05, 0.1) is 25.9 Å². The van der Waals surface area contributed by atoms with E-state index < -0.39 is 0 Å². The van der Waals surface area contributed by atoms with Crippen LogP contribution in [0.5, 0.6) is 0 Å². The molecule has 1 heterocycles. The van der Waals surface area contributed by atoms with Crippen LogP contribution in [0.3, 0.4) is 0 Å². The average Bonchev–Trinajstić information content (AvgIpc) is 2.70. The van der Waals surface area contributed by atoms with Crippen LogP contribution in [-0.2, 0) is 9.47 Å². The molecular formula is C12H21NO3. The molecule has 1 N–H and O–H groups in total. The quantitative estimate of drug-likeness (QED) is 0.689. The molecule has 0 fully saturated rings. The third kappa shape index (κ3) is 4.79. The second kappa shape index (κ2) is 7.44. The van der Waals surface area contributed by atoms with Crippen molar-refractivity contribution in [3.63, 3.8) is 0 Å². The van der Waals surface area contributed by atoms with Crippen molar-refractivity contribution in [1.82, 2.24) is 5.32 Å². The molecular weight excluding hydrogens is 206 g/mol. The van der Waals surface area contributed by atoms with E-state index in [2.05, 4.69) is 12.2 Å². The molecule has 1 aromatic heterocycles. The Labute approximate surface area is 96.9 Å². The highest BCUT2D eigenvalue weighted by Gasteiger charge is 2.07. The highest BCUT2D eigenvalue weighted by Crippen LogP contribution is 2.14. The van der Waals surface area contributed by atoms with E-state index in [1.807, 2.05) is 19.1 Å². The zero-order chi connectivity index (χ0) is 11.8. The minimum atomic E-state index is 0.222. The molecule has 1 atom stereocenters. The predicted molar refractivity (Wildman–Crippen MR) is 62.6 cm³/mol. The van der Waals surface area contributed by atoms with Crippen molar-refractivity contribution < 1.29 is 13.9 Å². The first-order chi connectivity index (χ1) is 7.74. The summed E-state index contributed by atoms with van der Waals surface area (Å²) in [6.07, 6.45) is 0. The van der Waals surface area contributed by atoms with E-state index in [0.29, 0.717) is 19.8 Å². The molecule has 4 nitrogen and oxygen atoms in total. The molecule has 0 amide bonds. The number of ether oxygens (including phenoxy) is 2. The van der Waals surface area contributed by atoms with Crippen LogP contribution >= 0.6 is 0 Å². The van der Waals surface area contributed by atoms with Gasteiger partial charge in [0.25, 0.3) is 0 Å². The molecule has 1 unspecified atom stereocenters. The van der Waals surface area contributed by atoms with Gasteiger partial charge in [-0.25, -0.2) is 0 Å². The molecule has 0 radical (unpaired) electrons. The largest absolute Gasteiger partial charge is 0.465 e. The average molecular weight is 227 g/mol. The van der Waals surface area contributed by atoms with Gasteiger partial charge in [-0.1, -0.05) is 0 Å². The molecule has 1 rings (SSSR count). The molecule has 0 saturated carbocycles. The van der Waals surface area contributed by atoms with E-state index in [1.165, 1.54) is 0 Å². The Hall–Kier alpha value is -0.840. The summed E-state index contributed by atoms with van der Waals surface area (Å²) in [6.45, 7) is 6.81. The highest BCUT2D eigenvalue weighted by atomic mass is 16.5. The maximum absolute atomic E-state index is 5.52. The lowest BCUT2D eigenvalue weighted by molar-refractivity contribution is 0.0710. The van der Waals surface area contributed by atoms with E-state index in [1.54, 1.807) is 7.11 Å². The summed E-state index contributed by atoms with van der Waals surface area (Å²) in [5.74, 6) is 1.91. The smallest absolute Gasteiger partial charge is 0.120 e. The fourth-order valence-electron chi connectivity index (χ4n) is 1.38. The number of nitrogens with one attached hydrogen (secondary N) is 1. The van der Waals surface area contributed by atoms with Gasteiger partial charge in [-0.15, -0.1) is 0 Å². The molecule has 16 heavy (non-hydrogen) atoms. The standard InChI is InChI=1S/C12H21NO3/c1-10-4-5-12(16-10)11(2)13-6-7-15-9-8-14-3/h4-5,11,13H,6-9H2,1-3H3. The topological polar surface area (TPSA) is 43.6 Å². The van der Waals surface area contributed by atoms with Gasteiger partial charge in [-0.2, -0.15) is 0 Å². The molecule has 0 aliphatic rings. The van der Waals surface area contributed by atoms with Crippen molar-refractivity contribution in [2.75, 3.05) is 33.5 Å². The van der Waals surface area contributed by atoms with Crippen molar-refractivity contribution in [2.45, 2.75) is 19.9 Å². The number of furan rings is 1. The summed E-state index contributed by atoms with van der Waals surface area (Å²) in [6, 6.07) is 4.20. The van der Waals surface area contributed by atoms with Crippen LogP contribution in [-0.4, -0.2) is 33.5 Å². The Morgan fingerprint density at radius 2 is 2.12 bits per heavy atom. The SMILES string of the molecule is COCCOCCNC(C)c1ccc(C)o1. The number of rotatable bonds is 8. The summed E-state index contributed by atoms with van der Waals surface area (Å²) >= 11 is 0. The van der Waals surface area contributed by atoms with Crippen LogP contribution in [0.2, 0.25) is 0 Å². The van der Waals surface area contributed by atoms with E-state index >= 15 is 0 Å². The number of aryl methyl sites for hydroxylation is 1. The van der Waals surface area contributed by atoms with Gasteiger partial charge in [0, 0.05) is 13.7 Å². The zero-order valence-electron chi connectivity index (χ0n) is 10.3. The van der Waals surface area contributed by atoms with Gasteiger partial charge in [0.1, 0.15) is 11.5 Å². The third-order valence-corrected chi connectivity index (χ3v) is 2.32. The highest BCUT2D eigenvalue weighted by molar-refractivity contribution is 5.08. The van der Waals surface area contributed by atoms with Crippen LogP contribution in [0.25, 0.3) is 0 Å². The molecule has 0 aromatic carbocycles. The second-order valence-electron chi connectivity index (χ2n) is 3.73. The van der Waals surface area contributed by atoms with Gasteiger partial charge in [-0.3, -0.25) is 0 Å². The minimum Gasteiger partial charge on any atom is -0.465 e. The van der Waals surface area contributed by atoms with Gasteiger partial charge < -0.3 is 19.2 Å². The lowest BCUT2D eigenvalue weighted by atomic mass is 10.2. The summed E-state index contributed by atoms with van der Waals surface area (Å²) in [7, 11) is 1.67. The van der Waals surface area contributed by atoms with E-state index in [-0.39, 0.29) is 6.04 Å². The lowest BCUT2D eigenvalue weighted by Crippen LogP contribution is -2.23. The summed E-state index contributed by atoms with van der Waals surface area (Å²) in [5, 5.41) is 3.33. The van der Waals surface area contributed by atoms with E-state index in [0.717, 1.165) is 18.1 Å². The van der Waals surface area contributed by atoms with Crippen LogP contribution in [0, 0.1) is 6.92 Å². The molecule has 0 aliphatic heterocycles. The molecule has 1 aromatic rings. The molecule has 92 valence electrons. The van der Waals surface area contributed by atoms with Gasteiger partial charge in [0.15, 0.2) is 0 Å². The van der Waals surface area contributed by atoms with E-state index in [9.17, 15) is 0 Å². The lowest BCUT2D eigenvalue weighted by Gasteiger charge is -2.11. The summed E-state index contributed by atoms with van der Waals surface area (Å²) < 4.78 is 15.7. The second-order valence-corrected chi connectivity index (χ2v) is 3.73. The van der Waals surface area contributed by atoms with E-state index in [4.69, 9.17) is 13.9 Å². The van der Waals surface area contributed by atoms with Crippen molar-refractivity contribution in [3.05, 3.63) is 23.7 Å². The Morgan fingerprint density at radius 3 is 2.75 bits per heavy atom. The molecule has 0 bridgehead atoms. The number of hydrogen-bond donors (Lipinski definition) is 1. The molecule has 0 aliphatic carbocycles. The Bertz CT molecular complexity index is 286.